The Morgan fingerprint density at radius 1 is 1.11 bits per heavy atom. The summed E-state index contributed by atoms with van der Waals surface area (Å²) in [5.74, 6) is 0.626. The van der Waals surface area contributed by atoms with Crippen molar-refractivity contribution in [3.63, 3.8) is 0 Å². The fourth-order valence-corrected chi connectivity index (χ4v) is 3.45. The zero-order valence-electron chi connectivity index (χ0n) is 16.4. The number of hydrogen-bond donors (Lipinski definition) is 1. The number of fused-ring (bicyclic) bond motifs is 1. The lowest BCUT2D eigenvalue weighted by atomic mass is 10.1. The average molecular weight is 393 g/mol. The quantitative estimate of drug-likeness (QED) is 0.510. The molecule has 1 N–H and O–H groups in total. The van der Waals surface area contributed by atoms with Crippen molar-refractivity contribution in [2.75, 3.05) is 23.3 Å². The van der Waals surface area contributed by atoms with Gasteiger partial charge in [0.2, 0.25) is 0 Å². The van der Waals surface area contributed by atoms with Crippen molar-refractivity contribution < 1.29 is 0 Å². The molecule has 0 saturated carbocycles. The summed E-state index contributed by atoms with van der Waals surface area (Å²) in [4.78, 5) is 7.04. The minimum absolute atomic E-state index is 0.581. The summed E-state index contributed by atoms with van der Waals surface area (Å²) in [6.07, 6.45) is 2.20. The highest BCUT2D eigenvalue weighted by Crippen LogP contribution is 2.34. The number of para-hydroxylation sites is 1. The largest absolute Gasteiger partial charge is 0.370 e. The Kier molecular flexibility index (Phi) is 6.73. The zero-order valence-corrected chi connectivity index (χ0v) is 17.1. The van der Waals surface area contributed by atoms with Crippen LogP contribution < -0.4 is 10.2 Å². The van der Waals surface area contributed by atoms with E-state index in [2.05, 4.69) is 36.2 Å². The summed E-state index contributed by atoms with van der Waals surface area (Å²) in [5.41, 5.74) is 3.56. The number of nitriles is 1. The van der Waals surface area contributed by atoms with Gasteiger partial charge in [0.25, 0.3) is 0 Å². The molecule has 2 aromatic carbocycles. The lowest BCUT2D eigenvalue weighted by Crippen LogP contribution is -2.25. The lowest BCUT2D eigenvalue weighted by Gasteiger charge is -2.26. The summed E-state index contributed by atoms with van der Waals surface area (Å²) in [7, 11) is 0. The van der Waals surface area contributed by atoms with Crippen molar-refractivity contribution >= 4 is 34.0 Å². The number of nitrogens with zero attached hydrogens (tertiary/aromatic N) is 3. The van der Waals surface area contributed by atoms with E-state index >= 15 is 0 Å². The van der Waals surface area contributed by atoms with Crippen molar-refractivity contribution in [2.24, 2.45) is 0 Å². The van der Waals surface area contributed by atoms with Gasteiger partial charge in [-0.2, -0.15) is 5.26 Å². The van der Waals surface area contributed by atoms with Crippen molar-refractivity contribution in [1.82, 2.24) is 4.98 Å². The molecule has 3 aromatic rings. The normalized spacial score (nSPS) is 10.6. The van der Waals surface area contributed by atoms with E-state index in [1.165, 1.54) is 0 Å². The van der Waals surface area contributed by atoms with Crippen LogP contribution in [0, 0.1) is 11.3 Å². The Balaban J connectivity index is 2.04. The van der Waals surface area contributed by atoms with E-state index in [9.17, 15) is 5.26 Å². The van der Waals surface area contributed by atoms with Crippen molar-refractivity contribution in [1.29, 1.82) is 5.26 Å². The Bertz CT molecular complexity index is 976. The first-order valence-corrected chi connectivity index (χ1v) is 10.1. The molecule has 1 aromatic heterocycles. The van der Waals surface area contributed by atoms with Gasteiger partial charge >= 0.3 is 0 Å². The van der Waals surface area contributed by atoms with Gasteiger partial charge in [-0.1, -0.05) is 55.3 Å². The number of aromatic nitrogens is 1. The molecule has 0 amide bonds. The van der Waals surface area contributed by atoms with Gasteiger partial charge in [-0.05, 0) is 37.1 Å². The standard InChI is InChI=1S/C23H25ClN4/c1-3-5-14-28(4-2)22-19-8-6-7-9-21(19)27-23(20(22)15-25)26-16-17-10-12-18(24)13-11-17/h6-13H,3-5,14,16H2,1-2H3,(H,26,27). The second-order valence-corrected chi connectivity index (χ2v) is 7.16. The predicted octanol–water partition coefficient (Wildman–Crippen LogP) is 6.00. The van der Waals surface area contributed by atoms with Gasteiger partial charge < -0.3 is 10.2 Å². The van der Waals surface area contributed by atoms with E-state index in [-0.39, 0.29) is 0 Å². The van der Waals surface area contributed by atoms with Crippen molar-refractivity contribution in [3.8, 4) is 6.07 Å². The molecule has 0 unspecified atom stereocenters. The molecule has 0 spiro atoms. The van der Waals surface area contributed by atoms with Gasteiger partial charge in [0, 0.05) is 30.0 Å². The highest BCUT2D eigenvalue weighted by Gasteiger charge is 2.19. The first kappa shape index (κ1) is 20.0. The molecule has 0 aliphatic heterocycles. The molecule has 0 aliphatic carbocycles. The maximum absolute atomic E-state index is 9.99. The molecule has 0 radical (unpaired) electrons. The SMILES string of the molecule is CCCCN(CC)c1c(C#N)c(NCc2ccc(Cl)cc2)nc2ccccc12. The van der Waals surface area contributed by atoms with Gasteiger partial charge in [-0.3, -0.25) is 0 Å². The van der Waals surface area contributed by atoms with E-state index < -0.39 is 0 Å². The number of pyridine rings is 1. The molecule has 4 nitrogen and oxygen atoms in total. The highest BCUT2D eigenvalue weighted by atomic mass is 35.5. The minimum atomic E-state index is 0.581. The Morgan fingerprint density at radius 2 is 1.86 bits per heavy atom. The Labute approximate surface area is 171 Å². The number of anilines is 2. The Hall–Kier alpha value is -2.77. The fourth-order valence-electron chi connectivity index (χ4n) is 3.32. The number of unbranched alkanes of at least 4 members (excludes halogenated alkanes) is 1. The van der Waals surface area contributed by atoms with Crippen LogP contribution in [0.1, 0.15) is 37.8 Å². The van der Waals surface area contributed by atoms with Crippen LogP contribution in [-0.4, -0.2) is 18.1 Å². The molecule has 0 aliphatic rings. The monoisotopic (exact) mass is 392 g/mol. The predicted molar refractivity (Wildman–Crippen MR) is 118 cm³/mol. The van der Waals surface area contributed by atoms with E-state index in [0.29, 0.717) is 22.9 Å². The third-order valence-electron chi connectivity index (χ3n) is 4.83. The van der Waals surface area contributed by atoms with Crippen LogP contribution in [0.4, 0.5) is 11.5 Å². The van der Waals surface area contributed by atoms with Crippen LogP contribution in [0.5, 0.6) is 0 Å². The third kappa shape index (κ3) is 4.37. The number of hydrogen-bond acceptors (Lipinski definition) is 4. The Morgan fingerprint density at radius 3 is 2.54 bits per heavy atom. The van der Waals surface area contributed by atoms with E-state index in [4.69, 9.17) is 16.6 Å². The zero-order chi connectivity index (χ0) is 19.9. The second kappa shape index (κ2) is 9.43. The van der Waals surface area contributed by atoms with Gasteiger partial charge in [0.15, 0.2) is 0 Å². The van der Waals surface area contributed by atoms with E-state index in [0.717, 1.165) is 48.1 Å². The second-order valence-electron chi connectivity index (χ2n) is 6.73. The fraction of sp³-hybridized carbons (Fsp3) is 0.304. The average Bonchev–Trinajstić information content (AvgIpc) is 2.73. The number of rotatable bonds is 8. The number of nitrogens with one attached hydrogen (secondary N) is 1. The van der Waals surface area contributed by atoms with Crippen LogP contribution in [0.25, 0.3) is 10.9 Å². The molecule has 28 heavy (non-hydrogen) atoms. The van der Waals surface area contributed by atoms with Crippen LogP contribution >= 0.6 is 11.6 Å². The molecular formula is C23H25ClN4. The first-order chi connectivity index (χ1) is 13.7. The molecule has 0 saturated heterocycles. The lowest BCUT2D eigenvalue weighted by molar-refractivity contribution is 0.733. The van der Waals surface area contributed by atoms with Crippen LogP contribution in [-0.2, 0) is 6.54 Å². The van der Waals surface area contributed by atoms with Crippen molar-refractivity contribution in [2.45, 2.75) is 33.2 Å². The van der Waals surface area contributed by atoms with Gasteiger partial charge in [-0.25, -0.2) is 4.98 Å². The molecule has 0 fully saturated rings. The minimum Gasteiger partial charge on any atom is -0.370 e. The maximum Gasteiger partial charge on any atom is 0.147 e. The molecule has 1 heterocycles. The summed E-state index contributed by atoms with van der Waals surface area (Å²) in [6, 6.07) is 18.1. The van der Waals surface area contributed by atoms with Crippen LogP contribution in [0.2, 0.25) is 5.02 Å². The topological polar surface area (TPSA) is 52.0 Å². The van der Waals surface area contributed by atoms with Gasteiger partial charge in [0.1, 0.15) is 17.5 Å². The smallest absolute Gasteiger partial charge is 0.147 e. The molecule has 5 heteroatoms. The molecule has 3 rings (SSSR count). The van der Waals surface area contributed by atoms with Gasteiger partial charge in [0.05, 0.1) is 11.2 Å². The van der Waals surface area contributed by atoms with Crippen LogP contribution in [0.3, 0.4) is 0 Å². The first-order valence-electron chi connectivity index (χ1n) is 9.74. The molecule has 0 atom stereocenters. The summed E-state index contributed by atoms with van der Waals surface area (Å²) in [5, 5.41) is 15.1. The highest BCUT2D eigenvalue weighted by molar-refractivity contribution is 6.30. The van der Waals surface area contributed by atoms with E-state index in [1.54, 1.807) is 0 Å². The van der Waals surface area contributed by atoms with Crippen LogP contribution in [0.15, 0.2) is 48.5 Å². The number of benzene rings is 2. The molecule has 0 bridgehead atoms. The molecular weight excluding hydrogens is 368 g/mol. The maximum atomic E-state index is 9.99. The summed E-state index contributed by atoms with van der Waals surface area (Å²) < 4.78 is 0. The summed E-state index contributed by atoms with van der Waals surface area (Å²) in [6.45, 7) is 6.67. The summed E-state index contributed by atoms with van der Waals surface area (Å²) >= 11 is 5.97. The van der Waals surface area contributed by atoms with Gasteiger partial charge in [-0.15, -0.1) is 0 Å². The van der Waals surface area contributed by atoms with Crippen molar-refractivity contribution in [3.05, 3.63) is 64.7 Å². The third-order valence-corrected chi connectivity index (χ3v) is 5.08. The number of halogens is 1. The van der Waals surface area contributed by atoms with E-state index in [1.807, 2.05) is 42.5 Å². The molecule has 144 valence electrons.